The highest BCUT2D eigenvalue weighted by Gasteiger charge is 2.06. The first-order valence-electron chi connectivity index (χ1n) is 5.31. The number of fused-ring (bicyclic) bond motifs is 1. The molecule has 3 aromatic rings. The standard InChI is InChI=1S/C14H12N2/c1-16-13-7-8-15-10-12(13)9-14(16)11-5-3-2-4-6-11/h2-10H,1H3. The van der Waals surface area contributed by atoms with Crippen molar-refractivity contribution in [3.8, 4) is 11.3 Å². The summed E-state index contributed by atoms with van der Waals surface area (Å²) in [7, 11) is 2.09. The van der Waals surface area contributed by atoms with Crippen molar-refractivity contribution in [2.24, 2.45) is 7.05 Å². The molecule has 0 N–H and O–H groups in total. The molecule has 0 saturated heterocycles. The Morgan fingerprint density at radius 2 is 1.88 bits per heavy atom. The molecular formula is C14H12N2. The topological polar surface area (TPSA) is 17.8 Å². The van der Waals surface area contributed by atoms with E-state index in [1.165, 1.54) is 22.2 Å². The zero-order chi connectivity index (χ0) is 11.0. The Morgan fingerprint density at radius 1 is 1.06 bits per heavy atom. The molecule has 0 radical (unpaired) electrons. The van der Waals surface area contributed by atoms with Crippen LogP contribution in [0, 0.1) is 0 Å². The third-order valence-corrected chi connectivity index (χ3v) is 2.91. The van der Waals surface area contributed by atoms with Gasteiger partial charge in [0.05, 0.1) is 5.52 Å². The molecule has 78 valence electrons. The maximum atomic E-state index is 4.15. The molecule has 2 aromatic heterocycles. The van der Waals surface area contributed by atoms with Gasteiger partial charge in [0.1, 0.15) is 0 Å². The van der Waals surface area contributed by atoms with Gasteiger partial charge in [-0.1, -0.05) is 30.3 Å². The number of nitrogens with zero attached hydrogens (tertiary/aromatic N) is 2. The predicted molar refractivity (Wildman–Crippen MR) is 66.2 cm³/mol. The molecule has 0 aliphatic heterocycles. The fourth-order valence-electron chi connectivity index (χ4n) is 2.08. The first-order valence-corrected chi connectivity index (χ1v) is 5.31. The number of aromatic nitrogens is 2. The molecule has 0 unspecified atom stereocenters. The third-order valence-electron chi connectivity index (χ3n) is 2.91. The van der Waals surface area contributed by atoms with E-state index in [4.69, 9.17) is 0 Å². The third kappa shape index (κ3) is 1.31. The maximum absolute atomic E-state index is 4.15. The molecule has 0 saturated carbocycles. The normalized spacial score (nSPS) is 10.8. The van der Waals surface area contributed by atoms with Crippen LogP contribution in [0.3, 0.4) is 0 Å². The lowest BCUT2D eigenvalue weighted by atomic mass is 10.1. The van der Waals surface area contributed by atoms with Gasteiger partial charge >= 0.3 is 0 Å². The van der Waals surface area contributed by atoms with Crippen molar-refractivity contribution in [2.75, 3.05) is 0 Å². The van der Waals surface area contributed by atoms with E-state index in [0.717, 1.165) is 0 Å². The zero-order valence-corrected chi connectivity index (χ0v) is 9.09. The molecular weight excluding hydrogens is 196 g/mol. The average molecular weight is 208 g/mol. The van der Waals surface area contributed by atoms with Crippen molar-refractivity contribution in [1.82, 2.24) is 9.55 Å². The number of benzene rings is 1. The van der Waals surface area contributed by atoms with Crippen LogP contribution >= 0.6 is 0 Å². The molecule has 2 nitrogen and oxygen atoms in total. The molecule has 0 atom stereocenters. The summed E-state index contributed by atoms with van der Waals surface area (Å²) in [6.07, 6.45) is 3.74. The van der Waals surface area contributed by atoms with E-state index >= 15 is 0 Å². The molecule has 0 spiro atoms. The van der Waals surface area contributed by atoms with Gasteiger partial charge in [0.2, 0.25) is 0 Å². The van der Waals surface area contributed by atoms with Crippen molar-refractivity contribution < 1.29 is 0 Å². The smallest absolute Gasteiger partial charge is 0.0513 e. The highest BCUT2D eigenvalue weighted by Crippen LogP contribution is 2.25. The van der Waals surface area contributed by atoms with Crippen LogP contribution in [0.2, 0.25) is 0 Å². The second-order valence-corrected chi connectivity index (χ2v) is 3.89. The van der Waals surface area contributed by atoms with E-state index in [1.807, 2.05) is 24.5 Å². The minimum Gasteiger partial charge on any atom is -0.344 e. The Morgan fingerprint density at radius 3 is 2.62 bits per heavy atom. The quantitative estimate of drug-likeness (QED) is 0.600. The van der Waals surface area contributed by atoms with Crippen LogP contribution in [0.5, 0.6) is 0 Å². The first kappa shape index (κ1) is 9.16. The van der Waals surface area contributed by atoms with Crippen LogP contribution in [0.15, 0.2) is 54.9 Å². The van der Waals surface area contributed by atoms with Gasteiger partial charge < -0.3 is 4.57 Å². The summed E-state index contributed by atoms with van der Waals surface area (Å²) in [5.74, 6) is 0. The van der Waals surface area contributed by atoms with Gasteiger partial charge in [-0.15, -0.1) is 0 Å². The summed E-state index contributed by atoms with van der Waals surface area (Å²) in [6.45, 7) is 0. The van der Waals surface area contributed by atoms with E-state index in [1.54, 1.807) is 0 Å². The van der Waals surface area contributed by atoms with Crippen molar-refractivity contribution in [2.45, 2.75) is 0 Å². The molecule has 3 rings (SSSR count). The van der Waals surface area contributed by atoms with E-state index < -0.39 is 0 Å². The van der Waals surface area contributed by atoms with Crippen LogP contribution in [0.1, 0.15) is 0 Å². The maximum Gasteiger partial charge on any atom is 0.0513 e. The zero-order valence-electron chi connectivity index (χ0n) is 9.09. The second kappa shape index (κ2) is 3.49. The minimum absolute atomic E-state index is 1.18. The van der Waals surface area contributed by atoms with Gasteiger partial charge in [-0.2, -0.15) is 0 Å². The van der Waals surface area contributed by atoms with Crippen molar-refractivity contribution in [1.29, 1.82) is 0 Å². The Hall–Kier alpha value is -2.09. The summed E-state index contributed by atoms with van der Waals surface area (Å²) >= 11 is 0. The summed E-state index contributed by atoms with van der Waals surface area (Å²) in [4.78, 5) is 4.15. The largest absolute Gasteiger partial charge is 0.344 e. The SMILES string of the molecule is Cn1c(-c2ccccc2)cc2cnccc21. The van der Waals surface area contributed by atoms with Crippen molar-refractivity contribution in [3.63, 3.8) is 0 Å². The molecule has 0 fully saturated rings. The molecule has 16 heavy (non-hydrogen) atoms. The fourth-order valence-corrected chi connectivity index (χ4v) is 2.08. The van der Waals surface area contributed by atoms with Crippen LogP contribution in [0.25, 0.3) is 22.2 Å². The molecule has 1 aromatic carbocycles. The van der Waals surface area contributed by atoms with E-state index in [0.29, 0.717) is 0 Å². The van der Waals surface area contributed by atoms with Crippen molar-refractivity contribution >= 4 is 10.9 Å². The summed E-state index contributed by atoms with van der Waals surface area (Å²) in [5, 5.41) is 1.18. The number of hydrogen-bond donors (Lipinski definition) is 0. The highest BCUT2D eigenvalue weighted by molar-refractivity contribution is 5.86. The molecule has 2 heterocycles. The number of pyridine rings is 1. The average Bonchev–Trinajstić information content (AvgIpc) is 2.69. The van der Waals surface area contributed by atoms with Gasteiger partial charge in [0.15, 0.2) is 0 Å². The molecule has 0 bridgehead atoms. The number of aryl methyl sites for hydroxylation is 1. The Bertz CT molecular complexity index is 624. The van der Waals surface area contributed by atoms with Crippen molar-refractivity contribution in [3.05, 3.63) is 54.9 Å². The Labute approximate surface area is 94.2 Å². The Kier molecular flexibility index (Phi) is 2.00. The lowest BCUT2D eigenvalue weighted by Crippen LogP contribution is -1.90. The van der Waals surface area contributed by atoms with Gasteiger partial charge in [0, 0.05) is 30.5 Å². The van der Waals surface area contributed by atoms with Crippen LogP contribution < -0.4 is 0 Å². The predicted octanol–water partition coefficient (Wildman–Crippen LogP) is 3.24. The highest BCUT2D eigenvalue weighted by atomic mass is 14.9. The lowest BCUT2D eigenvalue weighted by molar-refractivity contribution is 0.977. The molecule has 0 amide bonds. The number of hydrogen-bond acceptors (Lipinski definition) is 1. The second-order valence-electron chi connectivity index (χ2n) is 3.89. The number of rotatable bonds is 1. The van der Waals surface area contributed by atoms with Gasteiger partial charge in [-0.25, -0.2) is 0 Å². The van der Waals surface area contributed by atoms with Crippen LogP contribution in [-0.4, -0.2) is 9.55 Å². The van der Waals surface area contributed by atoms with E-state index in [-0.39, 0.29) is 0 Å². The van der Waals surface area contributed by atoms with E-state index in [2.05, 4.69) is 46.9 Å². The van der Waals surface area contributed by atoms with Crippen LogP contribution in [-0.2, 0) is 7.05 Å². The lowest BCUT2D eigenvalue weighted by Gasteiger charge is -2.03. The first-order chi connectivity index (χ1) is 7.86. The van der Waals surface area contributed by atoms with Crippen LogP contribution in [0.4, 0.5) is 0 Å². The molecule has 0 aliphatic rings. The summed E-state index contributed by atoms with van der Waals surface area (Å²) in [5.41, 5.74) is 3.68. The summed E-state index contributed by atoms with van der Waals surface area (Å²) in [6, 6.07) is 14.6. The minimum atomic E-state index is 1.18. The van der Waals surface area contributed by atoms with Gasteiger partial charge in [-0.05, 0) is 17.7 Å². The Balaban J connectivity index is 2.29. The molecule has 2 heteroatoms. The fraction of sp³-hybridized carbons (Fsp3) is 0.0714. The molecule has 0 aliphatic carbocycles. The van der Waals surface area contributed by atoms with E-state index in [9.17, 15) is 0 Å². The van der Waals surface area contributed by atoms with Gasteiger partial charge in [-0.3, -0.25) is 4.98 Å². The summed E-state index contributed by atoms with van der Waals surface area (Å²) < 4.78 is 2.20. The van der Waals surface area contributed by atoms with Gasteiger partial charge in [0.25, 0.3) is 0 Å². The monoisotopic (exact) mass is 208 g/mol.